The van der Waals surface area contributed by atoms with E-state index in [1.165, 1.54) is 72.0 Å². The molecule has 3 heteroatoms. The standard InChI is InChI=1S/C49H35N3/c1-49(2)44-28-35(32-13-15-34(16-14-32)37-21-26-46(51-31-37)38-8-7-27-50-30-38)19-24-40(44)41-25-20-36(29-45(41)49)33-17-22-39(23-18-33)52-47-11-5-3-9-42(47)43-10-4-6-12-48(43)52/h3-31H,1-2H3. The smallest absolute Gasteiger partial charge is 0.0717 e. The van der Waals surface area contributed by atoms with Crippen molar-refractivity contribution in [2.75, 3.05) is 0 Å². The van der Waals surface area contributed by atoms with Crippen LogP contribution in [-0.4, -0.2) is 14.5 Å². The van der Waals surface area contributed by atoms with Crippen molar-refractivity contribution in [2.24, 2.45) is 0 Å². The van der Waals surface area contributed by atoms with Crippen LogP contribution in [0.25, 0.3) is 83.3 Å². The predicted molar refractivity (Wildman–Crippen MR) is 216 cm³/mol. The molecule has 0 atom stereocenters. The van der Waals surface area contributed by atoms with Gasteiger partial charge in [-0.3, -0.25) is 9.97 Å². The third kappa shape index (κ3) is 4.81. The number of hydrogen-bond acceptors (Lipinski definition) is 2. The van der Waals surface area contributed by atoms with E-state index in [0.717, 1.165) is 22.4 Å². The van der Waals surface area contributed by atoms with Crippen LogP contribution < -0.4 is 0 Å². The van der Waals surface area contributed by atoms with E-state index < -0.39 is 0 Å². The first-order valence-corrected chi connectivity index (χ1v) is 17.9. The summed E-state index contributed by atoms with van der Waals surface area (Å²) in [5, 5.41) is 2.56. The summed E-state index contributed by atoms with van der Waals surface area (Å²) in [6.45, 7) is 4.73. The van der Waals surface area contributed by atoms with Crippen molar-refractivity contribution in [3.63, 3.8) is 0 Å². The van der Waals surface area contributed by atoms with Crippen LogP contribution >= 0.6 is 0 Å². The zero-order valence-corrected chi connectivity index (χ0v) is 29.1. The van der Waals surface area contributed by atoms with Crippen molar-refractivity contribution in [3.05, 3.63) is 187 Å². The second-order valence-corrected chi connectivity index (χ2v) is 14.3. The van der Waals surface area contributed by atoms with E-state index in [-0.39, 0.29) is 5.41 Å². The monoisotopic (exact) mass is 665 g/mol. The van der Waals surface area contributed by atoms with Gasteiger partial charge in [0.25, 0.3) is 0 Å². The van der Waals surface area contributed by atoms with Crippen molar-refractivity contribution < 1.29 is 0 Å². The maximum atomic E-state index is 4.70. The maximum Gasteiger partial charge on any atom is 0.0717 e. The lowest BCUT2D eigenvalue weighted by Crippen LogP contribution is -2.15. The Balaban J connectivity index is 0.929. The molecule has 10 rings (SSSR count). The number of pyridine rings is 2. The van der Waals surface area contributed by atoms with Crippen molar-refractivity contribution in [1.82, 2.24) is 14.5 Å². The van der Waals surface area contributed by atoms with Gasteiger partial charge in [-0.2, -0.15) is 0 Å². The lowest BCUT2D eigenvalue weighted by atomic mass is 9.81. The Morgan fingerprint density at radius 3 is 1.50 bits per heavy atom. The third-order valence-corrected chi connectivity index (χ3v) is 11.0. The lowest BCUT2D eigenvalue weighted by Gasteiger charge is -2.22. The minimum Gasteiger partial charge on any atom is -0.309 e. The second-order valence-electron chi connectivity index (χ2n) is 14.3. The number of para-hydroxylation sites is 2. The molecule has 52 heavy (non-hydrogen) atoms. The average Bonchev–Trinajstić information content (AvgIpc) is 3.66. The Hall–Kier alpha value is -6.58. The fourth-order valence-corrected chi connectivity index (χ4v) is 8.21. The molecule has 0 aliphatic heterocycles. The van der Waals surface area contributed by atoms with E-state index in [0.29, 0.717) is 0 Å². The second kappa shape index (κ2) is 11.8. The summed E-state index contributed by atoms with van der Waals surface area (Å²) in [5.74, 6) is 0. The Morgan fingerprint density at radius 1 is 0.442 bits per heavy atom. The zero-order valence-electron chi connectivity index (χ0n) is 29.1. The summed E-state index contributed by atoms with van der Waals surface area (Å²) in [6, 6.07) is 57.4. The molecule has 3 aromatic heterocycles. The summed E-state index contributed by atoms with van der Waals surface area (Å²) < 4.78 is 2.38. The van der Waals surface area contributed by atoms with Crippen molar-refractivity contribution in [3.8, 4) is 61.5 Å². The minimum atomic E-state index is -0.124. The molecule has 0 radical (unpaired) electrons. The number of hydrogen-bond donors (Lipinski definition) is 0. The van der Waals surface area contributed by atoms with Crippen molar-refractivity contribution in [2.45, 2.75) is 19.3 Å². The molecule has 6 aromatic carbocycles. The van der Waals surface area contributed by atoms with Crippen LogP contribution in [0.3, 0.4) is 0 Å². The van der Waals surface area contributed by atoms with E-state index in [1.807, 2.05) is 24.5 Å². The van der Waals surface area contributed by atoms with Gasteiger partial charge in [0.2, 0.25) is 0 Å². The normalized spacial score (nSPS) is 13.0. The fourth-order valence-electron chi connectivity index (χ4n) is 8.21. The number of fused-ring (bicyclic) bond motifs is 6. The Bertz CT molecular complexity index is 2720. The molecule has 0 N–H and O–H groups in total. The first-order chi connectivity index (χ1) is 25.5. The Morgan fingerprint density at radius 2 is 0.962 bits per heavy atom. The van der Waals surface area contributed by atoms with Crippen molar-refractivity contribution >= 4 is 21.8 Å². The molecule has 246 valence electrons. The molecule has 0 fully saturated rings. The summed E-state index contributed by atoms with van der Waals surface area (Å²) in [7, 11) is 0. The quantitative estimate of drug-likeness (QED) is 0.183. The van der Waals surface area contributed by atoms with Gasteiger partial charge in [0.05, 0.1) is 16.7 Å². The van der Waals surface area contributed by atoms with Gasteiger partial charge >= 0.3 is 0 Å². The molecule has 0 spiro atoms. The lowest BCUT2D eigenvalue weighted by molar-refractivity contribution is 0.661. The number of benzene rings is 6. The first-order valence-electron chi connectivity index (χ1n) is 17.9. The molecule has 0 bridgehead atoms. The molecule has 3 heterocycles. The average molecular weight is 666 g/mol. The van der Waals surface area contributed by atoms with Crippen LogP contribution in [0, 0.1) is 0 Å². The molecular weight excluding hydrogens is 631 g/mol. The molecule has 9 aromatic rings. The number of aromatic nitrogens is 3. The summed E-state index contributed by atoms with van der Waals surface area (Å²) in [4.78, 5) is 8.92. The Labute approximate surface area is 303 Å². The fraction of sp³-hybridized carbons (Fsp3) is 0.0612. The van der Waals surface area contributed by atoms with E-state index in [4.69, 9.17) is 4.98 Å². The third-order valence-electron chi connectivity index (χ3n) is 11.0. The summed E-state index contributed by atoms with van der Waals surface area (Å²) in [6.07, 6.45) is 5.57. The van der Waals surface area contributed by atoms with Gasteiger partial charge in [-0.05, 0) is 105 Å². The molecule has 0 saturated carbocycles. The highest BCUT2D eigenvalue weighted by atomic mass is 15.0. The molecule has 0 unspecified atom stereocenters. The highest BCUT2D eigenvalue weighted by Gasteiger charge is 2.36. The van der Waals surface area contributed by atoms with E-state index in [1.54, 1.807) is 6.20 Å². The maximum absolute atomic E-state index is 4.70. The number of rotatable bonds is 5. The van der Waals surface area contributed by atoms with Crippen LogP contribution in [0.1, 0.15) is 25.0 Å². The van der Waals surface area contributed by atoms with E-state index >= 15 is 0 Å². The number of nitrogens with zero attached hydrogens (tertiary/aromatic N) is 3. The molecular formula is C49H35N3. The largest absolute Gasteiger partial charge is 0.309 e. The SMILES string of the molecule is CC1(C)c2cc(-c3ccc(-c4ccc(-c5cccnc5)nc4)cc3)ccc2-c2ccc(-c3ccc(-n4c5ccccc5c5ccccc54)cc3)cc21. The highest BCUT2D eigenvalue weighted by Crippen LogP contribution is 2.50. The summed E-state index contributed by atoms with van der Waals surface area (Å²) >= 11 is 0. The zero-order chi connectivity index (χ0) is 34.8. The van der Waals surface area contributed by atoms with Gasteiger partial charge in [0.15, 0.2) is 0 Å². The van der Waals surface area contributed by atoms with Crippen LogP contribution in [-0.2, 0) is 5.41 Å². The molecule has 3 nitrogen and oxygen atoms in total. The van der Waals surface area contributed by atoms with Gasteiger partial charge < -0.3 is 4.57 Å². The van der Waals surface area contributed by atoms with Gasteiger partial charge in [-0.15, -0.1) is 0 Å². The van der Waals surface area contributed by atoms with Gasteiger partial charge in [0.1, 0.15) is 0 Å². The van der Waals surface area contributed by atoms with Crippen LogP contribution in [0.2, 0.25) is 0 Å². The van der Waals surface area contributed by atoms with Crippen LogP contribution in [0.5, 0.6) is 0 Å². The van der Waals surface area contributed by atoms with Crippen LogP contribution in [0.15, 0.2) is 176 Å². The highest BCUT2D eigenvalue weighted by molar-refractivity contribution is 6.09. The van der Waals surface area contributed by atoms with Gasteiger partial charge in [0, 0.05) is 51.6 Å². The van der Waals surface area contributed by atoms with E-state index in [9.17, 15) is 0 Å². The van der Waals surface area contributed by atoms with Crippen LogP contribution in [0.4, 0.5) is 0 Å². The minimum absolute atomic E-state index is 0.124. The molecule has 1 aliphatic rings. The molecule has 0 amide bonds. The van der Waals surface area contributed by atoms with E-state index in [2.05, 4.69) is 169 Å². The predicted octanol–water partition coefficient (Wildman–Crippen LogP) is 12.5. The summed E-state index contributed by atoms with van der Waals surface area (Å²) in [5.41, 5.74) is 18.0. The molecule has 0 saturated heterocycles. The topological polar surface area (TPSA) is 30.7 Å². The van der Waals surface area contributed by atoms with Gasteiger partial charge in [-0.25, -0.2) is 0 Å². The Kier molecular flexibility index (Phi) is 6.84. The van der Waals surface area contributed by atoms with Gasteiger partial charge in [-0.1, -0.05) is 117 Å². The van der Waals surface area contributed by atoms with Crippen molar-refractivity contribution in [1.29, 1.82) is 0 Å². The first kappa shape index (κ1) is 30.3. The molecule has 1 aliphatic carbocycles.